The summed E-state index contributed by atoms with van der Waals surface area (Å²) >= 11 is 0. The van der Waals surface area contributed by atoms with Gasteiger partial charge in [-0.25, -0.2) is 0 Å². The Morgan fingerprint density at radius 2 is 1.90 bits per heavy atom. The van der Waals surface area contributed by atoms with Gasteiger partial charge in [-0.3, -0.25) is 4.79 Å². The monoisotopic (exact) mass is 289 g/mol. The first kappa shape index (κ1) is 16.0. The fourth-order valence-electron chi connectivity index (χ4n) is 3.40. The van der Waals surface area contributed by atoms with E-state index in [0.717, 1.165) is 12.8 Å². The van der Waals surface area contributed by atoms with E-state index >= 15 is 0 Å². The minimum atomic E-state index is -0.721. The molecule has 0 radical (unpaired) electrons. The average Bonchev–Trinajstić information content (AvgIpc) is 2.47. The molecule has 0 bridgehead atoms. The van der Waals surface area contributed by atoms with Crippen molar-refractivity contribution in [1.82, 2.24) is 5.32 Å². The summed E-state index contributed by atoms with van der Waals surface area (Å²) in [6.07, 6.45) is 5.33. The Hall–Kier alpha value is -1.35. The molecule has 2 rings (SSSR count). The van der Waals surface area contributed by atoms with Gasteiger partial charge in [0.05, 0.1) is 0 Å². The van der Waals surface area contributed by atoms with Crippen LogP contribution < -0.4 is 5.32 Å². The molecular weight excluding hydrogens is 262 g/mol. The van der Waals surface area contributed by atoms with Gasteiger partial charge in [0.25, 0.3) is 0 Å². The van der Waals surface area contributed by atoms with E-state index in [-0.39, 0.29) is 6.04 Å². The van der Waals surface area contributed by atoms with Gasteiger partial charge in [0.15, 0.2) is 0 Å². The van der Waals surface area contributed by atoms with Crippen LogP contribution >= 0.6 is 0 Å². The molecule has 21 heavy (non-hydrogen) atoms. The number of benzene rings is 1. The molecule has 1 fully saturated rings. The topological polar surface area (TPSA) is 49.3 Å². The maximum atomic E-state index is 11.5. The lowest BCUT2D eigenvalue weighted by Crippen LogP contribution is -2.47. The summed E-state index contributed by atoms with van der Waals surface area (Å²) < 4.78 is 0. The van der Waals surface area contributed by atoms with Gasteiger partial charge in [-0.2, -0.15) is 0 Å². The van der Waals surface area contributed by atoms with E-state index in [1.54, 1.807) is 0 Å². The second kappa shape index (κ2) is 7.60. The summed E-state index contributed by atoms with van der Waals surface area (Å²) in [5.74, 6) is 0.104. The Morgan fingerprint density at radius 1 is 1.24 bits per heavy atom. The third-order valence-electron chi connectivity index (χ3n) is 4.41. The quantitative estimate of drug-likeness (QED) is 0.837. The van der Waals surface area contributed by atoms with Crippen LogP contribution in [0.4, 0.5) is 0 Å². The van der Waals surface area contributed by atoms with Crippen LogP contribution in [0.5, 0.6) is 0 Å². The number of nitrogens with one attached hydrogen (secondary N) is 1. The molecule has 116 valence electrons. The van der Waals surface area contributed by atoms with Crippen LogP contribution in [0.3, 0.4) is 0 Å². The zero-order chi connectivity index (χ0) is 15.2. The maximum Gasteiger partial charge on any atom is 0.320 e. The Balaban J connectivity index is 2.09. The third kappa shape index (κ3) is 4.57. The van der Waals surface area contributed by atoms with Crippen molar-refractivity contribution in [1.29, 1.82) is 0 Å². The highest BCUT2D eigenvalue weighted by atomic mass is 16.4. The van der Waals surface area contributed by atoms with E-state index in [1.165, 1.54) is 18.4 Å². The molecule has 3 heteroatoms. The van der Waals surface area contributed by atoms with Crippen LogP contribution in [0, 0.1) is 5.92 Å². The first-order chi connectivity index (χ1) is 10.1. The first-order valence-corrected chi connectivity index (χ1v) is 8.11. The van der Waals surface area contributed by atoms with Crippen LogP contribution in [0.25, 0.3) is 0 Å². The van der Waals surface area contributed by atoms with Gasteiger partial charge < -0.3 is 10.4 Å². The normalized spacial score (nSPS) is 24.0. The van der Waals surface area contributed by atoms with Crippen LogP contribution in [0.15, 0.2) is 30.3 Å². The minimum Gasteiger partial charge on any atom is -0.480 e. The van der Waals surface area contributed by atoms with E-state index in [9.17, 15) is 9.90 Å². The summed E-state index contributed by atoms with van der Waals surface area (Å²) in [7, 11) is 0. The Bertz CT molecular complexity index is 444. The zero-order valence-corrected chi connectivity index (χ0v) is 13.1. The third-order valence-corrected chi connectivity index (χ3v) is 4.41. The molecular formula is C18H27NO2. The van der Waals surface area contributed by atoms with Crippen LogP contribution in [-0.4, -0.2) is 23.2 Å². The summed E-state index contributed by atoms with van der Waals surface area (Å²) in [4.78, 5) is 11.5. The molecule has 3 unspecified atom stereocenters. The number of rotatable bonds is 6. The average molecular weight is 289 g/mol. The molecule has 0 spiro atoms. The molecule has 1 aliphatic carbocycles. The van der Waals surface area contributed by atoms with Crippen molar-refractivity contribution in [2.75, 3.05) is 0 Å². The van der Waals surface area contributed by atoms with Gasteiger partial charge in [-0.05, 0) is 36.7 Å². The predicted molar refractivity (Wildman–Crippen MR) is 85.5 cm³/mol. The number of carboxylic acids is 1. The van der Waals surface area contributed by atoms with Gasteiger partial charge in [0.2, 0.25) is 0 Å². The molecule has 0 aromatic heterocycles. The molecule has 3 atom stereocenters. The Morgan fingerprint density at radius 3 is 2.52 bits per heavy atom. The first-order valence-electron chi connectivity index (χ1n) is 8.11. The molecule has 1 aromatic rings. The highest BCUT2D eigenvalue weighted by Gasteiger charge is 2.30. The van der Waals surface area contributed by atoms with Crippen molar-refractivity contribution in [3.8, 4) is 0 Å². The van der Waals surface area contributed by atoms with Gasteiger partial charge in [0.1, 0.15) is 6.04 Å². The highest BCUT2D eigenvalue weighted by Crippen LogP contribution is 2.33. The summed E-state index contributed by atoms with van der Waals surface area (Å²) in [6, 6.07) is 10.4. The SMILES string of the molecule is CC(C)CC(NC1CCCCC1c1ccccc1)C(=O)O. The summed E-state index contributed by atoms with van der Waals surface area (Å²) in [6.45, 7) is 4.15. The highest BCUT2D eigenvalue weighted by molar-refractivity contribution is 5.73. The van der Waals surface area contributed by atoms with E-state index in [0.29, 0.717) is 18.3 Å². The molecule has 1 aliphatic rings. The Labute approximate surface area is 127 Å². The lowest BCUT2D eigenvalue weighted by Gasteiger charge is -2.35. The van der Waals surface area contributed by atoms with Gasteiger partial charge in [-0.1, -0.05) is 57.0 Å². The number of carbonyl (C=O) groups is 1. The summed E-state index contributed by atoms with van der Waals surface area (Å²) in [5, 5.41) is 12.9. The largest absolute Gasteiger partial charge is 0.480 e. The molecule has 1 saturated carbocycles. The second-order valence-electron chi connectivity index (χ2n) is 6.60. The van der Waals surface area contributed by atoms with E-state index in [2.05, 4.69) is 43.4 Å². The van der Waals surface area contributed by atoms with Crippen molar-refractivity contribution in [2.24, 2.45) is 5.92 Å². The molecule has 2 N–H and O–H groups in total. The second-order valence-corrected chi connectivity index (χ2v) is 6.60. The number of hydrogen-bond acceptors (Lipinski definition) is 2. The van der Waals surface area contributed by atoms with Crippen molar-refractivity contribution in [3.05, 3.63) is 35.9 Å². The van der Waals surface area contributed by atoms with Crippen LogP contribution in [0.1, 0.15) is 57.4 Å². The van der Waals surface area contributed by atoms with E-state index in [4.69, 9.17) is 0 Å². The van der Waals surface area contributed by atoms with E-state index in [1.807, 2.05) is 6.07 Å². The van der Waals surface area contributed by atoms with Crippen molar-refractivity contribution >= 4 is 5.97 Å². The number of hydrogen-bond donors (Lipinski definition) is 2. The lowest BCUT2D eigenvalue weighted by molar-refractivity contribution is -0.140. The smallest absolute Gasteiger partial charge is 0.320 e. The van der Waals surface area contributed by atoms with Gasteiger partial charge in [-0.15, -0.1) is 0 Å². The van der Waals surface area contributed by atoms with Crippen molar-refractivity contribution in [2.45, 2.75) is 64.0 Å². The van der Waals surface area contributed by atoms with Crippen molar-refractivity contribution < 1.29 is 9.90 Å². The van der Waals surface area contributed by atoms with Crippen LogP contribution in [-0.2, 0) is 4.79 Å². The molecule has 0 heterocycles. The van der Waals surface area contributed by atoms with E-state index < -0.39 is 12.0 Å². The molecule has 3 nitrogen and oxygen atoms in total. The fraction of sp³-hybridized carbons (Fsp3) is 0.611. The number of carboxylic acid groups (broad SMARTS) is 1. The molecule has 0 saturated heterocycles. The fourth-order valence-corrected chi connectivity index (χ4v) is 3.40. The zero-order valence-electron chi connectivity index (χ0n) is 13.1. The lowest BCUT2D eigenvalue weighted by atomic mass is 9.79. The minimum absolute atomic E-state index is 0.279. The van der Waals surface area contributed by atoms with Gasteiger partial charge >= 0.3 is 5.97 Å². The Kier molecular flexibility index (Phi) is 5.80. The van der Waals surface area contributed by atoms with Crippen LogP contribution in [0.2, 0.25) is 0 Å². The maximum absolute atomic E-state index is 11.5. The molecule has 0 amide bonds. The predicted octanol–water partition coefficient (Wildman–Crippen LogP) is 3.80. The summed E-state index contributed by atoms with van der Waals surface area (Å²) in [5.41, 5.74) is 1.34. The van der Waals surface area contributed by atoms with Gasteiger partial charge in [0, 0.05) is 6.04 Å². The molecule has 0 aliphatic heterocycles. The molecule has 1 aromatic carbocycles. The standard InChI is InChI=1S/C18H27NO2/c1-13(2)12-17(18(20)21)19-16-11-7-6-10-15(16)14-8-4-3-5-9-14/h3-5,8-9,13,15-17,19H,6-7,10-12H2,1-2H3,(H,20,21). The van der Waals surface area contributed by atoms with Crippen molar-refractivity contribution in [3.63, 3.8) is 0 Å². The number of aliphatic carboxylic acids is 1.